The Bertz CT molecular complexity index is 133. The van der Waals surface area contributed by atoms with E-state index in [1.165, 1.54) is 0 Å². The molecule has 0 saturated carbocycles. The second-order valence-electron chi connectivity index (χ2n) is 4.17. The fraction of sp³-hybridized carbons (Fsp3) is 1.00. The van der Waals surface area contributed by atoms with E-state index in [9.17, 15) is 0 Å². The van der Waals surface area contributed by atoms with Gasteiger partial charge in [0.05, 0.1) is 13.2 Å². The van der Waals surface area contributed by atoms with Crippen molar-refractivity contribution in [1.29, 1.82) is 0 Å². The number of ether oxygens (including phenoxy) is 1. The van der Waals surface area contributed by atoms with Gasteiger partial charge in [-0.25, -0.2) is 0 Å². The van der Waals surface area contributed by atoms with Crippen molar-refractivity contribution in [3.63, 3.8) is 0 Å². The van der Waals surface area contributed by atoms with Gasteiger partial charge in [0.25, 0.3) is 0 Å². The molecule has 1 unspecified atom stereocenters. The highest BCUT2D eigenvalue weighted by atomic mass is 16.5. The molecule has 0 aromatic rings. The predicted molar refractivity (Wildman–Crippen MR) is 52.6 cm³/mol. The maximum absolute atomic E-state index is 9.08. The molecule has 0 aromatic carbocycles. The van der Waals surface area contributed by atoms with Gasteiger partial charge in [0.1, 0.15) is 0 Å². The number of aliphatic hydroxyl groups is 1. The lowest BCUT2D eigenvalue weighted by Gasteiger charge is -2.21. The van der Waals surface area contributed by atoms with Gasteiger partial charge in [-0.2, -0.15) is 0 Å². The Kier molecular flexibility index (Phi) is 4.70. The number of hydrogen-bond acceptors (Lipinski definition) is 3. The monoisotopic (exact) mass is 187 g/mol. The molecule has 1 rings (SSSR count). The van der Waals surface area contributed by atoms with Gasteiger partial charge in [0.15, 0.2) is 0 Å². The summed E-state index contributed by atoms with van der Waals surface area (Å²) in [5.74, 6) is 1.14. The van der Waals surface area contributed by atoms with E-state index in [1.807, 2.05) is 0 Å². The summed E-state index contributed by atoms with van der Waals surface area (Å²) in [7, 11) is 0. The van der Waals surface area contributed by atoms with Crippen LogP contribution < -0.4 is 5.32 Å². The Labute approximate surface area is 80.5 Å². The zero-order valence-electron chi connectivity index (χ0n) is 8.62. The van der Waals surface area contributed by atoms with Gasteiger partial charge in [-0.3, -0.25) is 0 Å². The summed E-state index contributed by atoms with van der Waals surface area (Å²) in [6, 6.07) is 0.237. The molecule has 0 amide bonds. The van der Waals surface area contributed by atoms with Gasteiger partial charge in [0.2, 0.25) is 0 Å². The summed E-state index contributed by atoms with van der Waals surface area (Å²) in [5, 5.41) is 12.5. The molecule has 3 nitrogen and oxygen atoms in total. The van der Waals surface area contributed by atoms with Crippen LogP contribution in [0.2, 0.25) is 0 Å². The van der Waals surface area contributed by atoms with E-state index in [4.69, 9.17) is 9.84 Å². The zero-order valence-corrected chi connectivity index (χ0v) is 8.62. The van der Waals surface area contributed by atoms with Gasteiger partial charge < -0.3 is 15.2 Å². The van der Waals surface area contributed by atoms with Crippen molar-refractivity contribution in [2.24, 2.45) is 11.8 Å². The molecule has 2 N–H and O–H groups in total. The highest BCUT2D eigenvalue weighted by Gasteiger charge is 2.18. The summed E-state index contributed by atoms with van der Waals surface area (Å²) in [4.78, 5) is 0. The molecule has 1 heterocycles. The Hall–Kier alpha value is -0.120. The van der Waals surface area contributed by atoms with Gasteiger partial charge in [-0.05, 0) is 18.3 Å². The first-order valence-electron chi connectivity index (χ1n) is 5.16. The van der Waals surface area contributed by atoms with Gasteiger partial charge in [0, 0.05) is 19.2 Å². The van der Waals surface area contributed by atoms with Crippen LogP contribution in [0, 0.1) is 11.8 Å². The summed E-state index contributed by atoms with van der Waals surface area (Å²) < 4.78 is 5.28. The van der Waals surface area contributed by atoms with E-state index in [1.54, 1.807) is 0 Å². The normalized spacial score (nSPS) is 25.4. The van der Waals surface area contributed by atoms with Crippen molar-refractivity contribution in [2.45, 2.75) is 26.3 Å². The summed E-state index contributed by atoms with van der Waals surface area (Å²) >= 11 is 0. The molecule has 0 aromatic heterocycles. The third-order valence-corrected chi connectivity index (χ3v) is 2.69. The van der Waals surface area contributed by atoms with Crippen LogP contribution in [0.25, 0.3) is 0 Å². The number of nitrogens with one attached hydrogen (secondary N) is 1. The van der Waals surface area contributed by atoms with Crippen LogP contribution in [-0.2, 0) is 4.74 Å². The topological polar surface area (TPSA) is 41.5 Å². The maximum Gasteiger partial charge on any atom is 0.0587 e. The maximum atomic E-state index is 9.08. The van der Waals surface area contributed by atoms with Gasteiger partial charge in [-0.15, -0.1) is 0 Å². The number of aliphatic hydroxyl groups excluding tert-OH is 1. The van der Waals surface area contributed by atoms with Crippen molar-refractivity contribution in [2.75, 3.05) is 26.4 Å². The van der Waals surface area contributed by atoms with E-state index in [0.29, 0.717) is 11.8 Å². The minimum absolute atomic E-state index is 0.227. The fourth-order valence-electron chi connectivity index (χ4n) is 1.57. The summed E-state index contributed by atoms with van der Waals surface area (Å²) in [6.07, 6.45) is 1.16. The first kappa shape index (κ1) is 11.0. The zero-order chi connectivity index (χ0) is 9.68. The molecular weight excluding hydrogens is 166 g/mol. The molecule has 0 radical (unpaired) electrons. The second kappa shape index (κ2) is 5.58. The third kappa shape index (κ3) is 3.63. The van der Waals surface area contributed by atoms with Crippen LogP contribution in [0.5, 0.6) is 0 Å². The molecule has 3 heteroatoms. The number of hydrogen-bond donors (Lipinski definition) is 2. The Balaban J connectivity index is 2.15. The van der Waals surface area contributed by atoms with Crippen LogP contribution >= 0.6 is 0 Å². The lowest BCUT2D eigenvalue weighted by Crippen LogP contribution is -2.39. The molecule has 0 bridgehead atoms. The lowest BCUT2D eigenvalue weighted by atomic mass is 10.0. The van der Waals surface area contributed by atoms with E-state index >= 15 is 0 Å². The summed E-state index contributed by atoms with van der Waals surface area (Å²) in [5.41, 5.74) is 0. The molecule has 2 atom stereocenters. The molecule has 1 saturated heterocycles. The van der Waals surface area contributed by atoms with Crippen molar-refractivity contribution >= 4 is 0 Å². The van der Waals surface area contributed by atoms with Crippen LogP contribution in [0.4, 0.5) is 0 Å². The highest BCUT2D eigenvalue weighted by Crippen LogP contribution is 2.11. The Morgan fingerprint density at radius 2 is 2.31 bits per heavy atom. The van der Waals surface area contributed by atoms with Crippen LogP contribution in [0.15, 0.2) is 0 Å². The van der Waals surface area contributed by atoms with Crippen molar-refractivity contribution < 1.29 is 9.84 Å². The fourth-order valence-corrected chi connectivity index (χ4v) is 1.57. The van der Waals surface area contributed by atoms with Crippen molar-refractivity contribution in [3.05, 3.63) is 0 Å². The molecule has 13 heavy (non-hydrogen) atoms. The quantitative estimate of drug-likeness (QED) is 0.663. The average Bonchev–Trinajstić information content (AvgIpc) is 2.57. The SMILES string of the molecule is CC(C)[C@@H](CO)NCC1CCOC1. The molecule has 1 fully saturated rings. The summed E-state index contributed by atoms with van der Waals surface area (Å²) in [6.45, 7) is 7.23. The average molecular weight is 187 g/mol. The third-order valence-electron chi connectivity index (χ3n) is 2.69. The molecule has 78 valence electrons. The van der Waals surface area contributed by atoms with Crippen LogP contribution in [0.3, 0.4) is 0 Å². The van der Waals surface area contributed by atoms with E-state index in [-0.39, 0.29) is 12.6 Å². The first-order chi connectivity index (χ1) is 6.24. The van der Waals surface area contributed by atoms with Crippen LogP contribution in [-0.4, -0.2) is 37.5 Å². The molecule has 1 aliphatic rings. The first-order valence-corrected chi connectivity index (χ1v) is 5.16. The predicted octanol–water partition coefficient (Wildman–Crippen LogP) is 0.629. The van der Waals surface area contributed by atoms with Crippen molar-refractivity contribution in [3.8, 4) is 0 Å². The second-order valence-corrected chi connectivity index (χ2v) is 4.17. The standard InChI is InChI=1S/C10H21NO2/c1-8(2)10(6-12)11-5-9-3-4-13-7-9/h8-12H,3-7H2,1-2H3/t9?,10-/m1/s1. The van der Waals surface area contributed by atoms with Gasteiger partial charge in [-0.1, -0.05) is 13.8 Å². The molecular formula is C10H21NO2. The molecule has 0 spiro atoms. The minimum atomic E-state index is 0.227. The van der Waals surface area contributed by atoms with Crippen LogP contribution in [0.1, 0.15) is 20.3 Å². The Morgan fingerprint density at radius 1 is 1.54 bits per heavy atom. The Morgan fingerprint density at radius 3 is 2.77 bits per heavy atom. The van der Waals surface area contributed by atoms with E-state index in [2.05, 4.69) is 19.2 Å². The number of rotatable bonds is 5. The largest absolute Gasteiger partial charge is 0.395 e. The minimum Gasteiger partial charge on any atom is -0.395 e. The lowest BCUT2D eigenvalue weighted by molar-refractivity contribution is 0.177. The smallest absolute Gasteiger partial charge is 0.0587 e. The van der Waals surface area contributed by atoms with Gasteiger partial charge >= 0.3 is 0 Å². The van der Waals surface area contributed by atoms with E-state index in [0.717, 1.165) is 26.2 Å². The van der Waals surface area contributed by atoms with Crippen molar-refractivity contribution in [1.82, 2.24) is 5.32 Å². The molecule has 0 aliphatic carbocycles. The highest BCUT2D eigenvalue weighted by molar-refractivity contribution is 4.73. The molecule has 1 aliphatic heterocycles. The van der Waals surface area contributed by atoms with E-state index < -0.39 is 0 Å².